The number of likely N-dealkylation sites (tertiary alicyclic amines) is 1. The topological polar surface area (TPSA) is 67.9 Å². The average molecular weight is 513 g/mol. The number of hydrogen-bond donors (Lipinski definition) is 1. The van der Waals surface area contributed by atoms with E-state index < -0.39 is 18.0 Å². The summed E-state index contributed by atoms with van der Waals surface area (Å²) in [4.78, 5) is 27.7. The number of piperidine rings is 1. The Morgan fingerprint density at radius 1 is 0.919 bits per heavy atom. The van der Waals surface area contributed by atoms with Gasteiger partial charge in [-0.2, -0.15) is 0 Å². The molecule has 1 heterocycles. The van der Waals surface area contributed by atoms with Gasteiger partial charge in [0.1, 0.15) is 11.5 Å². The summed E-state index contributed by atoms with van der Waals surface area (Å²) in [5.41, 5.74) is 2.77. The van der Waals surface area contributed by atoms with Gasteiger partial charge in [-0.25, -0.2) is 0 Å². The van der Waals surface area contributed by atoms with Crippen molar-refractivity contribution in [1.82, 2.24) is 4.90 Å². The number of alkyl halides is 3. The van der Waals surface area contributed by atoms with Crippen LogP contribution in [0.5, 0.6) is 11.5 Å². The molecule has 0 aromatic heterocycles. The van der Waals surface area contributed by atoms with E-state index in [9.17, 15) is 22.8 Å². The van der Waals surface area contributed by atoms with Crippen LogP contribution in [0.3, 0.4) is 0 Å². The monoisotopic (exact) mass is 512 g/mol. The Hall–Kier alpha value is -4.01. The van der Waals surface area contributed by atoms with Crippen LogP contribution in [0.25, 0.3) is 0 Å². The highest BCUT2D eigenvalue weighted by atomic mass is 19.4. The molecule has 1 saturated heterocycles. The highest BCUT2D eigenvalue weighted by Crippen LogP contribution is 2.30. The third-order valence-electron chi connectivity index (χ3n) is 6.43. The van der Waals surface area contributed by atoms with Gasteiger partial charge in [0.15, 0.2) is 0 Å². The van der Waals surface area contributed by atoms with Crippen molar-refractivity contribution in [2.45, 2.75) is 32.0 Å². The van der Waals surface area contributed by atoms with Gasteiger partial charge in [-0.3, -0.25) is 9.59 Å². The highest BCUT2D eigenvalue weighted by Gasteiger charge is 2.31. The van der Waals surface area contributed by atoms with Crippen molar-refractivity contribution in [3.05, 3.63) is 89.0 Å². The minimum atomic E-state index is -4.86. The first-order valence-corrected chi connectivity index (χ1v) is 11.8. The van der Waals surface area contributed by atoms with Gasteiger partial charge in [0.25, 0.3) is 11.8 Å². The van der Waals surface area contributed by atoms with Gasteiger partial charge in [0.2, 0.25) is 0 Å². The molecule has 6 nitrogen and oxygen atoms in total. The van der Waals surface area contributed by atoms with E-state index in [1.54, 1.807) is 37.1 Å². The number of methoxy groups -OCH3 is 1. The van der Waals surface area contributed by atoms with Gasteiger partial charge in [-0.15, -0.1) is 13.2 Å². The first-order chi connectivity index (χ1) is 17.6. The van der Waals surface area contributed by atoms with E-state index in [4.69, 9.17) is 4.74 Å². The summed E-state index contributed by atoms with van der Waals surface area (Å²) < 4.78 is 46.7. The number of carbonyl (C=O) groups is 2. The van der Waals surface area contributed by atoms with Crippen LogP contribution in [0.4, 0.5) is 18.9 Å². The largest absolute Gasteiger partial charge is 0.573 e. The lowest BCUT2D eigenvalue weighted by Crippen LogP contribution is -2.38. The van der Waals surface area contributed by atoms with Crippen LogP contribution in [0.15, 0.2) is 66.7 Å². The van der Waals surface area contributed by atoms with Crippen molar-refractivity contribution in [1.29, 1.82) is 0 Å². The molecule has 2 amide bonds. The molecule has 0 unspecified atom stereocenters. The van der Waals surface area contributed by atoms with E-state index in [0.717, 1.165) is 30.7 Å². The fourth-order valence-electron chi connectivity index (χ4n) is 4.39. The molecule has 194 valence electrons. The van der Waals surface area contributed by atoms with Crippen molar-refractivity contribution >= 4 is 17.5 Å². The van der Waals surface area contributed by atoms with Crippen molar-refractivity contribution in [2.24, 2.45) is 0 Å². The first-order valence-electron chi connectivity index (χ1n) is 11.8. The van der Waals surface area contributed by atoms with E-state index in [-0.39, 0.29) is 11.5 Å². The number of amides is 2. The van der Waals surface area contributed by atoms with Gasteiger partial charge < -0.3 is 19.7 Å². The maximum absolute atomic E-state index is 13.2. The van der Waals surface area contributed by atoms with Crippen LogP contribution in [-0.2, 0) is 0 Å². The van der Waals surface area contributed by atoms with E-state index in [0.29, 0.717) is 35.8 Å². The van der Waals surface area contributed by atoms with Crippen molar-refractivity contribution in [2.75, 3.05) is 25.5 Å². The van der Waals surface area contributed by atoms with E-state index in [2.05, 4.69) is 22.2 Å². The van der Waals surface area contributed by atoms with E-state index in [1.165, 1.54) is 17.7 Å². The van der Waals surface area contributed by atoms with Gasteiger partial charge in [0.05, 0.1) is 7.11 Å². The summed E-state index contributed by atoms with van der Waals surface area (Å²) >= 11 is 0. The maximum Gasteiger partial charge on any atom is 0.573 e. The third kappa shape index (κ3) is 6.61. The minimum absolute atomic E-state index is 0.00140. The Morgan fingerprint density at radius 3 is 2.27 bits per heavy atom. The number of rotatable bonds is 6. The quantitative estimate of drug-likeness (QED) is 0.429. The lowest BCUT2D eigenvalue weighted by molar-refractivity contribution is -0.274. The fourth-order valence-corrected chi connectivity index (χ4v) is 4.39. The van der Waals surface area contributed by atoms with Crippen molar-refractivity contribution in [3.63, 3.8) is 0 Å². The van der Waals surface area contributed by atoms with E-state index in [1.807, 2.05) is 12.1 Å². The summed E-state index contributed by atoms with van der Waals surface area (Å²) in [5, 5.41) is 2.70. The molecule has 0 radical (unpaired) electrons. The predicted octanol–water partition coefficient (Wildman–Crippen LogP) is 6.17. The number of halogens is 3. The first kappa shape index (κ1) is 26.1. The molecule has 3 aromatic rings. The zero-order valence-corrected chi connectivity index (χ0v) is 20.5. The zero-order valence-electron chi connectivity index (χ0n) is 20.5. The Labute approximate surface area is 213 Å². The lowest BCUT2D eigenvalue weighted by Gasteiger charge is -2.32. The van der Waals surface area contributed by atoms with Crippen LogP contribution >= 0.6 is 0 Å². The molecule has 1 aliphatic heterocycles. The molecular formula is C28H27F3N2O4. The average Bonchev–Trinajstić information content (AvgIpc) is 2.89. The van der Waals surface area contributed by atoms with Crippen LogP contribution in [0.2, 0.25) is 0 Å². The Balaban J connectivity index is 1.41. The van der Waals surface area contributed by atoms with Crippen LogP contribution < -0.4 is 14.8 Å². The molecule has 9 heteroatoms. The molecule has 0 saturated carbocycles. The van der Waals surface area contributed by atoms with Crippen LogP contribution in [0.1, 0.15) is 50.6 Å². The van der Waals surface area contributed by atoms with E-state index >= 15 is 0 Å². The summed E-state index contributed by atoms with van der Waals surface area (Å²) in [6.45, 7) is 2.99. The molecule has 0 aliphatic carbocycles. The second-order valence-corrected chi connectivity index (χ2v) is 8.90. The number of carbonyl (C=O) groups excluding carboxylic acids is 2. The number of aryl methyl sites for hydroxylation is 1. The van der Waals surface area contributed by atoms with Gasteiger partial charge in [-0.1, -0.05) is 24.3 Å². The third-order valence-corrected chi connectivity index (χ3v) is 6.43. The standard InChI is InChI=1S/C28H27F3N2O4/c1-18-6-7-22(17-25(18)32-26(34)21-4-3-5-24(16-21)37-28(29,30)31)27(35)33-14-12-20(13-15-33)19-8-10-23(36-2)11-9-19/h3-11,16-17,20H,12-15H2,1-2H3,(H,32,34). The number of benzene rings is 3. The number of nitrogens with one attached hydrogen (secondary N) is 1. The van der Waals surface area contributed by atoms with Crippen molar-refractivity contribution < 1.29 is 32.2 Å². The number of anilines is 1. The molecule has 3 aromatic carbocycles. The second-order valence-electron chi connectivity index (χ2n) is 8.90. The van der Waals surface area contributed by atoms with Gasteiger partial charge in [0, 0.05) is 29.9 Å². The summed E-state index contributed by atoms with van der Waals surface area (Å²) in [7, 11) is 1.63. The fraction of sp³-hybridized carbons (Fsp3) is 0.286. The highest BCUT2D eigenvalue weighted by molar-refractivity contribution is 6.05. The Kier molecular flexibility index (Phi) is 7.71. The van der Waals surface area contributed by atoms with Crippen LogP contribution in [0, 0.1) is 6.92 Å². The van der Waals surface area contributed by atoms with Gasteiger partial charge >= 0.3 is 6.36 Å². The lowest BCUT2D eigenvalue weighted by atomic mass is 9.89. The zero-order chi connectivity index (χ0) is 26.6. The summed E-state index contributed by atoms with van der Waals surface area (Å²) in [5.74, 6) is -0.0652. The molecule has 1 fully saturated rings. The molecule has 1 aliphatic rings. The predicted molar refractivity (Wildman–Crippen MR) is 133 cm³/mol. The molecule has 1 N–H and O–H groups in total. The SMILES string of the molecule is COc1ccc(C2CCN(C(=O)c3ccc(C)c(NC(=O)c4cccc(OC(F)(F)F)c4)c3)CC2)cc1. The normalized spacial score (nSPS) is 14.2. The Bertz CT molecular complexity index is 1270. The minimum Gasteiger partial charge on any atom is -0.497 e. The molecule has 0 bridgehead atoms. The molecule has 37 heavy (non-hydrogen) atoms. The van der Waals surface area contributed by atoms with Gasteiger partial charge in [-0.05, 0) is 79.3 Å². The van der Waals surface area contributed by atoms with Crippen LogP contribution in [-0.4, -0.2) is 43.3 Å². The number of hydrogen-bond acceptors (Lipinski definition) is 4. The summed E-state index contributed by atoms with van der Waals surface area (Å²) in [6.07, 6.45) is -3.18. The number of nitrogens with zero attached hydrogens (tertiary/aromatic N) is 1. The molecule has 4 rings (SSSR count). The molecule has 0 spiro atoms. The van der Waals surface area contributed by atoms with Crippen molar-refractivity contribution in [3.8, 4) is 11.5 Å². The Morgan fingerprint density at radius 2 is 1.62 bits per heavy atom. The molecule has 0 atom stereocenters. The summed E-state index contributed by atoms with van der Waals surface area (Å²) in [6, 6.07) is 17.9. The molecular weight excluding hydrogens is 485 g/mol. The number of ether oxygens (including phenoxy) is 2. The smallest absolute Gasteiger partial charge is 0.497 e. The maximum atomic E-state index is 13.2. The second kappa shape index (κ2) is 10.9.